The second-order valence-electron chi connectivity index (χ2n) is 6.97. The van der Waals surface area contributed by atoms with Crippen LogP contribution < -0.4 is 5.32 Å². The summed E-state index contributed by atoms with van der Waals surface area (Å²) >= 11 is 5.46. The Labute approximate surface area is 136 Å². The number of benzene rings is 1. The lowest BCUT2D eigenvalue weighted by atomic mass is 9.90. The first-order valence-corrected chi connectivity index (χ1v) is 8.06. The van der Waals surface area contributed by atoms with Crippen LogP contribution in [-0.2, 0) is 6.42 Å². The van der Waals surface area contributed by atoms with Crippen LogP contribution in [-0.4, -0.2) is 37.9 Å². The maximum atomic E-state index is 10.8. The molecule has 1 aliphatic heterocycles. The van der Waals surface area contributed by atoms with Gasteiger partial charge in [0.2, 0.25) is 0 Å². The number of thiocarbonyl (C=S) groups is 1. The smallest absolute Gasteiger partial charge is 0.171 e. The highest BCUT2D eigenvalue weighted by Gasteiger charge is 2.42. The molecule has 4 nitrogen and oxygen atoms in total. The van der Waals surface area contributed by atoms with E-state index in [-0.39, 0.29) is 5.54 Å². The van der Waals surface area contributed by atoms with Crippen LogP contribution in [0.4, 0.5) is 0 Å². The molecule has 2 heterocycles. The van der Waals surface area contributed by atoms with Gasteiger partial charge in [0.1, 0.15) is 5.72 Å². The minimum atomic E-state index is -0.919. The fourth-order valence-corrected chi connectivity index (χ4v) is 4.03. The average molecular weight is 317 g/mol. The van der Waals surface area contributed by atoms with E-state index in [0.717, 1.165) is 11.9 Å². The van der Waals surface area contributed by atoms with Gasteiger partial charge in [0.05, 0.1) is 0 Å². The number of hydrogen-bond acceptors (Lipinski definition) is 2. The van der Waals surface area contributed by atoms with Gasteiger partial charge in [-0.2, -0.15) is 0 Å². The molecule has 0 amide bonds. The number of aromatic nitrogens is 1. The molecular formula is C17H23N3OS. The summed E-state index contributed by atoms with van der Waals surface area (Å²) in [7, 11) is 0. The summed E-state index contributed by atoms with van der Waals surface area (Å²) in [5.74, 6) is 0. The average Bonchev–Trinajstić information content (AvgIpc) is 2.79. The van der Waals surface area contributed by atoms with Crippen molar-refractivity contribution in [2.75, 3.05) is 6.54 Å². The van der Waals surface area contributed by atoms with Crippen molar-refractivity contribution in [1.82, 2.24) is 15.2 Å². The third kappa shape index (κ3) is 2.83. The van der Waals surface area contributed by atoms with Crippen molar-refractivity contribution in [1.29, 1.82) is 0 Å². The largest absolute Gasteiger partial charge is 0.371 e. The highest BCUT2D eigenvalue weighted by molar-refractivity contribution is 7.80. The number of para-hydroxylation sites is 1. The molecule has 0 spiro atoms. The van der Waals surface area contributed by atoms with Gasteiger partial charge in [-0.15, -0.1) is 0 Å². The second kappa shape index (κ2) is 5.25. The fourth-order valence-electron chi connectivity index (χ4n) is 3.47. The van der Waals surface area contributed by atoms with Crippen LogP contribution in [0.2, 0.25) is 0 Å². The number of H-pyrrole nitrogens is 1. The molecule has 1 saturated heterocycles. The molecule has 1 aromatic heterocycles. The van der Waals surface area contributed by atoms with Gasteiger partial charge in [-0.1, -0.05) is 18.2 Å². The first-order valence-electron chi connectivity index (χ1n) is 7.66. The zero-order valence-electron chi connectivity index (χ0n) is 13.3. The predicted molar refractivity (Wildman–Crippen MR) is 93.8 cm³/mol. The number of nitrogens with zero attached hydrogens (tertiary/aromatic N) is 1. The first kappa shape index (κ1) is 15.3. The summed E-state index contributed by atoms with van der Waals surface area (Å²) in [6.07, 6.45) is 3.51. The molecule has 1 fully saturated rings. The van der Waals surface area contributed by atoms with Gasteiger partial charge in [-0.25, -0.2) is 0 Å². The Morgan fingerprint density at radius 2 is 2.00 bits per heavy atom. The summed E-state index contributed by atoms with van der Waals surface area (Å²) < 4.78 is 0. The van der Waals surface area contributed by atoms with Gasteiger partial charge in [-0.05, 0) is 51.0 Å². The molecule has 2 aromatic rings. The van der Waals surface area contributed by atoms with E-state index in [1.54, 1.807) is 0 Å². The zero-order valence-corrected chi connectivity index (χ0v) is 14.1. The molecule has 0 aliphatic carbocycles. The van der Waals surface area contributed by atoms with E-state index in [1.807, 2.05) is 30.2 Å². The van der Waals surface area contributed by atoms with Crippen LogP contribution in [0, 0.1) is 0 Å². The van der Waals surface area contributed by atoms with Gasteiger partial charge in [-0.3, -0.25) is 0 Å². The Morgan fingerprint density at radius 3 is 2.73 bits per heavy atom. The van der Waals surface area contributed by atoms with E-state index in [4.69, 9.17) is 12.2 Å². The third-order valence-electron chi connectivity index (χ3n) is 4.33. The monoisotopic (exact) mass is 317 g/mol. The van der Waals surface area contributed by atoms with Gasteiger partial charge < -0.3 is 20.3 Å². The summed E-state index contributed by atoms with van der Waals surface area (Å²) in [5.41, 5.74) is 1.29. The Bertz CT molecular complexity index is 705. The summed E-state index contributed by atoms with van der Waals surface area (Å²) in [6.45, 7) is 6.66. The molecule has 3 N–H and O–H groups in total. The lowest BCUT2D eigenvalue weighted by Crippen LogP contribution is -2.66. The Balaban J connectivity index is 1.77. The van der Waals surface area contributed by atoms with Crippen molar-refractivity contribution >= 4 is 28.2 Å². The molecule has 0 radical (unpaired) electrons. The topological polar surface area (TPSA) is 51.3 Å². The minimum Gasteiger partial charge on any atom is -0.371 e. The highest BCUT2D eigenvalue weighted by Crippen LogP contribution is 2.30. The number of hydrogen-bond donors (Lipinski definition) is 3. The van der Waals surface area contributed by atoms with Crippen LogP contribution in [0.3, 0.4) is 0 Å². The predicted octanol–water partition coefficient (Wildman–Crippen LogP) is 2.78. The molecule has 0 unspecified atom stereocenters. The van der Waals surface area contributed by atoms with Crippen LogP contribution in [0.5, 0.6) is 0 Å². The molecule has 1 atom stereocenters. The van der Waals surface area contributed by atoms with Crippen molar-refractivity contribution in [3.63, 3.8) is 0 Å². The van der Waals surface area contributed by atoms with E-state index in [0.29, 0.717) is 18.1 Å². The number of aromatic amines is 1. The summed E-state index contributed by atoms with van der Waals surface area (Å²) in [4.78, 5) is 5.19. The lowest BCUT2D eigenvalue weighted by Gasteiger charge is -2.49. The van der Waals surface area contributed by atoms with Crippen molar-refractivity contribution < 1.29 is 5.11 Å². The van der Waals surface area contributed by atoms with Crippen LogP contribution in [0.15, 0.2) is 30.5 Å². The number of nitrogens with one attached hydrogen (secondary N) is 2. The van der Waals surface area contributed by atoms with Crippen molar-refractivity contribution in [2.45, 2.75) is 44.9 Å². The maximum Gasteiger partial charge on any atom is 0.171 e. The Hall–Kier alpha value is -1.59. The van der Waals surface area contributed by atoms with E-state index < -0.39 is 5.72 Å². The van der Waals surface area contributed by atoms with Crippen LogP contribution in [0.1, 0.15) is 32.8 Å². The molecule has 1 aromatic carbocycles. The molecule has 118 valence electrons. The van der Waals surface area contributed by atoms with E-state index in [9.17, 15) is 5.11 Å². The molecule has 22 heavy (non-hydrogen) atoms. The Morgan fingerprint density at radius 1 is 1.27 bits per heavy atom. The van der Waals surface area contributed by atoms with E-state index >= 15 is 0 Å². The molecule has 0 bridgehead atoms. The molecule has 0 saturated carbocycles. The van der Waals surface area contributed by atoms with Crippen LogP contribution >= 0.6 is 12.2 Å². The van der Waals surface area contributed by atoms with E-state index in [2.05, 4.69) is 36.3 Å². The normalized spacial score (nSPS) is 24.5. The highest BCUT2D eigenvalue weighted by atomic mass is 32.1. The molecule has 1 aliphatic rings. The van der Waals surface area contributed by atoms with Crippen LogP contribution in [0.25, 0.3) is 10.9 Å². The maximum absolute atomic E-state index is 10.8. The standard InChI is InChI=1S/C17H23N3OS/c1-16(2)11-17(3,21)20(15(22)19-16)9-8-12-10-18-14-7-5-4-6-13(12)14/h4-7,10,18,21H,8-9,11H2,1-3H3,(H,19,22)/t17-/m0/s1. The van der Waals surface area contributed by atoms with E-state index in [1.165, 1.54) is 10.9 Å². The quantitative estimate of drug-likeness (QED) is 0.762. The van der Waals surface area contributed by atoms with Gasteiger partial charge in [0, 0.05) is 35.6 Å². The summed E-state index contributed by atoms with van der Waals surface area (Å²) in [5, 5.41) is 16.0. The third-order valence-corrected chi connectivity index (χ3v) is 4.65. The molecule has 3 rings (SSSR count). The number of fused-ring (bicyclic) bond motifs is 1. The second-order valence-corrected chi connectivity index (χ2v) is 7.36. The Kier molecular flexibility index (Phi) is 3.65. The van der Waals surface area contributed by atoms with Crippen molar-refractivity contribution in [2.24, 2.45) is 0 Å². The molecule has 5 heteroatoms. The lowest BCUT2D eigenvalue weighted by molar-refractivity contribution is -0.0876. The van der Waals surface area contributed by atoms with Gasteiger partial charge >= 0.3 is 0 Å². The van der Waals surface area contributed by atoms with Gasteiger partial charge in [0.25, 0.3) is 0 Å². The fraction of sp³-hybridized carbons (Fsp3) is 0.471. The molecular weight excluding hydrogens is 294 g/mol. The minimum absolute atomic E-state index is 0.183. The number of aliphatic hydroxyl groups is 1. The van der Waals surface area contributed by atoms with Gasteiger partial charge in [0.15, 0.2) is 5.11 Å². The number of rotatable bonds is 3. The zero-order chi connectivity index (χ0) is 16.0. The summed E-state index contributed by atoms with van der Waals surface area (Å²) in [6, 6.07) is 8.27. The van der Waals surface area contributed by atoms with Crippen molar-refractivity contribution in [3.05, 3.63) is 36.0 Å². The first-order chi connectivity index (χ1) is 10.3. The van der Waals surface area contributed by atoms with Crippen molar-refractivity contribution in [3.8, 4) is 0 Å². The SMILES string of the molecule is CC1(C)C[C@](C)(O)N(CCc2c[nH]c3ccccc23)C(=S)N1.